The number of hydrogen-bond acceptors (Lipinski definition) is 15. The highest BCUT2D eigenvalue weighted by molar-refractivity contribution is 5.70. The van der Waals surface area contributed by atoms with Gasteiger partial charge in [0.25, 0.3) is 0 Å². The van der Waals surface area contributed by atoms with Crippen LogP contribution in [0, 0.1) is 0 Å². The second-order valence-corrected chi connectivity index (χ2v) is 17.6. The number of carbonyl (C=O) groups excluding carboxylic acids is 2. The summed E-state index contributed by atoms with van der Waals surface area (Å²) in [5.74, 6) is -0.959. The molecule has 15 nitrogen and oxygen atoms in total. The van der Waals surface area contributed by atoms with E-state index in [1.54, 1.807) is 0 Å². The van der Waals surface area contributed by atoms with Crippen molar-refractivity contribution >= 4 is 11.9 Å². The SMILES string of the molecule is CCCC/C=C/C/C=C/CCCCCCCC(=O)OC[C@H](CO[C@@H]1O[C@H](CO[C@@H]2O[C@H](CO)[C@H](O)C(O)C2O)[C@H](O)C(O)C1O)OC(=O)CCCCC/C=C/CCCCCCCCCC. The molecule has 4 unspecified atom stereocenters. The lowest BCUT2D eigenvalue weighted by atomic mass is 9.98. The van der Waals surface area contributed by atoms with Gasteiger partial charge in [0.2, 0.25) is 0 Å². The third-order valence-corrected chi connectivity index (χ3v) is 11.8. The summed E-state index contributed by atoms with van der Waals surface area (Å²) in [6.45, 7) is 2.51. The number of hydrogen-bond donors (Lipinski definition) is 7. The van der Waals surface area contributed by atoms with E-state index in [0.717, 1.165) is 70.6 Å². The molecule has 0 aromatic heterocycles. The summed E-state index contributed by atoms with van der Waals surface area (Å²) in [7, 11) is 0. The molecule has 2 heterocycles. The quantitative estimate of drug-likeness (QED) is 0.0198. The lowest BCUT2D eigenvalue weighted by Crippen LogP contribution is -2.61. The zero-order valence-electron chi connectivity index (χ0n) is 39.7. The Kier molecular flexibility index (Phi) is 34.1. The number of ether oxygens (including phenoxy) is 6. The zero-order valence-corrected chi connectivity index (χ0v) is 39.7. The molecule has 11 atom stereocenters. The average molecular weight is 929 g/mol. The van der Waals surface area contributed by atoms with E-state index in [2.05, 4.69) is 50.3 Å². The molecule has 0 aromatic carbocycles. The van der Waals surface area contributed by atoms with Crippen molar-refractivity contribution in [1.82, 2.24) is 0 Å². The molecule has 2 rings (SSSR count). The van der Waals surface area contributed by atoms with Crippen LogP contribution in [-0.2, 0) is 38.0 Å². The molecule has 0 amide bonds. The summed E-state index contributed by atoms with van der Waals surface area (Å²) in [5.41, 5.74) is 0. The molecule has 0 aliphatic carbocycles. The molecule has 0 radical (unpaired) electrons. The Balaban J connectivity index is 1.84. The first-order valence-electron chi connectivity index (χ1n) is 25.1. The minimum Gasteiger partial charge on any atom is -0.462 e. The average Bonchev–Trinajstić information content (AvgIpc) is 3.30. The van der Waals surface area contributed by atoms with E-state index in [0.29, 0.717) is 12.8 Å². The van der Waals surface area contributed by atoms with E-state index < -0.39 is 99.3 Å². The van der Waals surface area contributed by atoms with Crippen molar-refractivity contribution in [2.75, 3.05) is 26.4 Å². The standard InChI is InChI=1S/C50H88O15/c1-3-5-7-9-11-13-15-17-19-21-23-25-27-29-31-33-42(53)63-38(35-60-41(52)32-30-28-26-24-22-20-18-16-14-12-10-8-6-4-2)36-61-49-48(59)46(57)44(55)40(65-49)37-62-50-47(58)45(56)43(54)39(34-51)64-50/h10,12,16,18,21,23,38-40,43-51,54-59H,3-9,11,13-15,17,19-20,22,24-37H2,1-2H3/b12-10+,18-16+,23-21+/t38-,39-,40-,43+,44+,45?,46?,47?,48?,49-,50-/m1/s1. The van der Waals surface area contributed by atoms with Crippen LogP contribution >= 0.6 is 0 Å². The summed E-state index contributed by atoms with van der Waals surface area (Å²) >= 11 is 0. The third kappa shape index (κ3) is 26.2. The molecule has 378 valence electrons. The number of carbonyl (C=O) groups is 2. The van der Waals surface area contributed by atoms with Gasteiger partial charge in [0.05, 0.1) is 19.8 Å². The van der Waals surface area contributed by atoms with Crippen LogP contribution in [0.5, 0.6) is 0 Å². The minimum absolute atomic E-state index is 0.142. The fraction of sp³-hybridized carbons (Fsp3) is 0.840. The Bertz CT molecular complexity index is 1280. The predicted molar refractivity (Wildman–Crippen MR) is 247 cm³/mol. The molecule has 7 N–H and O–H groups in total. The van der Waals surface area contributed by atoms with E-state index in [9.17, 15) is 45.3 Å². The van der Waals surface area contributed by atoms with Gasteiger partial charge in [0, 0.05) is 12.8 Å². The first kappa shape index (κ1) is 58.8. The van der Waals surface area contributed by atoms with Crippen molar-refractivity contribution in [2.45, 2.75) is 242 Å². The molecule has 0 aromatic rings. The fourth-order valence-electron chi connectivity index (χ4n) is 7.64. The molecule has 2 aliphatic heterocycles. The lowest BCUT2D eigenvalue weighted by Gasteiger charge is -2.42. The Morgan fingerprint density at radius 3 is 1.51 bits per heavy atom. The monoisotopic (exact) mass is 929 g/mol. The van der Waals surface area contributed by atoms with E-state index in [1.807, 2.05) is 0 Å². The first-order chi connectivity index (χ1) is 31.5. The lowest BCUT2D eigenvalue weighted by molar-refractivity contribution is -0.332. The summed E-state index contributed by atoms with van der Waals surface area (Å²) in [6, 6.07) is 0. The summed E-state index contributed by atoms with van der Waals surface area (Å²) in [4.78, 5) is 25.7. The Morgan fingerprint density at radius 1 is 0.492 bits per heavy atom. The highest BCUT2D eigenvalue weighted by Crippen LogP contribution is 2.26. The molecule has 0 spiro atoms. The number of aliphatic hydroxyl groups is 7. The molecule has 0 saturated carbocycles. The van der Waals surface area contributed by atoms with Crippen LogP contribution in [0.15, 0.2) is 36.5 Å². The third-order valence-electron chi connectivity index (χ3n) is 11.8. The molecule has 65 heavy (non-hydrogen) atoms. The fourth-order valence-corrected chi connectivity index (χ4v) is 7.64. The molecule has 2 aliphatic rings. The van der Waals surface area contributed by atoms with Crippen molar-refractivity contribution in [3.8, 4) is 0 Å². The number of allylic oxidation sites excluding steroid dienone is 6. The maximum absolute atomic E-state index is 13.0. The normalized spacial score (nSPS) is 26.7. The Labute approximate surface area is 389 Å². The van der Waals surface area contributed by atoms with Gasteiger partial charge < -0.3 is 64.2 Å². The van der Waals surface area contributed by atoms with Gasteiger partial charge in [-0.2, -0.15) is 0 Å². The van der Waals surface area contributed by atoms with Gasteiger partial charge in [-0.3, -0.25) is 9.59 Å². The van der Waals surface area contributed by atoms with Gasteiger partial charge in [0.1, 0.15) is 55.4 Å². The van der Waals surface area contributed by atoms with Gasteiger partial charge >= 0.3 is 11.9 Å². The smallest absolute Gasteiger partial charge is 0.306 e. The van der Waals surface area contributed by atoms with Crippen LogP contribution in [0.25, 0.3) is 0 Å². The van der Waals surface area contributed by atoms with Crippen LogP contribution in [0.2, 0.25) is 0 Å². The van der Waals surface area contributed by atoms with E-state index in [-0.39, 0.29) is 19.4 Å². The molecule has 2 saturated heterocycles. The van der Waals surface area contributed by atoms with Gasteiger partial charge in [-0.25, -0.2) is 0 Å². The number of unbranched alkanes of at least 4 members (excludes halogenated alkanes) is 18. The van der Waals surface area contributed by atoms with Gasteiger partial charge in [-0.15, -0.1) is 0 Å². The number of aliphatic hydroxyl groups excluding tert-OH is 7. The number of rotatable bonds is 38. The van der Waals surface area contributed by atoms with Crippen molar-refractivity contribution in [2.24, 2.45) is 0 Å². The van der Waals surface area contributed by atoms with Crippen molar-refractivity contribution in [3.63, 3.8) is 0 Å². The van der Waals surface area contributed by atoms with Crippen LogP contribution in [0.3, 0.4) is 0 Å². The summed E-state index contributed by atoms with van der Waals surface area (Å²) in [5, 5.41) is 72.0. The van der Waals surface area contributed by atoms with Gasteiger partial charge in [-0.05, 0) is 64.2 Å². The highest BCUT2D eigenvalue weighted by Gasteiger charge is 2.47. The van der Waals surface area contributed by atoms with Crippen LogP contribution in [0.4, 0.5) is 0 Å². The van der Waals surface area contributed by atoms with E-state index in [1.165, 1.54) is 64.2 Å². The van der Waals surface area contributed by atoms with Gasteiger partial charge in [0.15, 0.2) is 18.7 Å². The van der Waals surface area contributed by atoms with Crippen LogP contribution < -0.4 is 0 Å². The Hall–Kier alpha value is -2.28. The van der Waals surface area contributed by atoms with Crippen molar-refractivity contribution in [3.05, 3.63) is 36.5 Å². The van der Waals surface area contributed by atoms with Crippen molar-refractivity contribution in [1.29, 1.82) is 0 Å². The Morgan fingerprint density at radius 2 is 0.938 bits per heavy atom. The highest BCUT2D eigenvalue weighted by atomic mass is 16.7. The number of esters is 2. The summed E-state index contributed by atoms with van der Waals surface area (Å²) in [6.07, 6.45) is 21.7. The van der Waals surface area contributed by atoms with Crippen LogP contribution in [-0.4, -0.2) is 142 Å². The molecular formula is C50H88O15. The molecule has 15 heteroatoms. The second kappa shape index (κ2) is 37.7. The van der Waals surface area contributed by atoms with Crippen LogP contribution in [0.1, 0.15) is 174 Å². The molecular weight excluding hydrogens is 841 g/mol. The van der Waals surface area contributed by atoms with E-state index in [4.69, 9.17) is 28.4 Å². The van der Waals surface area contributed by atoms with Gasteiger partial charge in [-0.1, -0.05) is 134 Å². The maximum atomic E-state index is 13.0. The topological polar surface area (TPSA) is 231 Å². The molecule has 0 bridgehead atoms. The second-order valence-electron chi connectivity index (χ2n) is 17.6. The molecule has 2 fully saturated rings. The maximum Gasteiger partial charge on any atom is 0.306 e. The largest absolute Gasteiger partial charge is 0.462 e. The van der Waals surface area contributed by atoms with E-state index >= 15 is 0 Å². The zero-order chi connectivity index (χ0) is 47.5. The first-order valence-corrected chi connectivity index (χ1v) is 25.1. The minimum atomic E-state index is -1.77. The summed E-state index contributed by atoms with van der Waals surface area (Å²) < 4.78 is 33.5. The predicted octanol–water partition coefficient (Wildman–Crippen LogP) is 6.54. The van der Waals surface area contributed by atoms with Crippen molar-refractivity contribution < 1.29 is 73.8 Å².